The molecule has 288 valence electrons. The van der Waals surface area contributed by atoms with E-state index in [1.54, 1.807) is 6.08 Å². The highest BCUT2D eigenvalue weighted by Crippen LogP contribution is 2.73. The summed E-state index contributed by atoms with van der Waals surface area (Å²) >= 11 is 0. The molecule has 0 heterocycles. The molecule has 7 rings (SSSR count). The van der Waals surface area contributed by atoms with Gasteiger partial charge in [0.05, 0.1) is 0 Å². The Morgan fingerprint density at radius 1 is 0.846 bits per heavy atom. The van der Waals surface area contributed by atoms with E-state index in [2.05, 4.69) is 102 Å². The molecule has 9 unspecified atom stereocenters. The topological polar surface area (TPSA) is 72.2 Å². The lowest BCUT2D eigenvalue weighted by molar-refractivity contribution is -0.197. The standard InChI is InChI=1S/C34H50O.C10H15N.C3H6.CH3NO/c1-23-12-18-34(21-24-8-6-9-25(20-24)22-35)19-13-27-26(30(23)34)10-11-29-32(27,4)17-14-28-31(2,3)15-7-16-33(28,29)5;1-9-4-3-5-10(8-9)6-7-11-2;1-3-2;2-1-3/h6,8-9,20,22-23,26-30H,7,10-19,21H2,1-5H3;3-5,8,11H,6-7H2,1-2H3;3H,1H2,2H3;1H,(H2,2,3). The van der Waals surface area contributed by atoms with E-state index in [9.17, 15) is 4.79 Å². The van der Waals surface area contributed by atoms with Gasteiger partial charge >= 0.3 is 0 Å². The van der Waals surface area contributed by atoms with E-state index in [-0.39, 0.29) is 6.41 Å². The summed E-state index contributed by atoms with van der Waals surface area (Å²) in [5.74, 6) is 5.46. The van der Waals surface area contributed by atoms with Crippen molar-refractivity contribution in [2.45, 2.75) is 132 Å². The Hall–Kier alpha value is -2.72. The molecule has 52 heavy (non-hydrogen) atoms. The molecule has 9 atom stereocenters. The smallest absolute Gasteiger partial charge is 0.204 e. The molecule has 3 N–H and O–H groups in total. The summed E-state index contributed by atoms with van der Waals surface area (Å²) in [5.41, 5.74) is 11.3. The van der Waals surface area contributed by atoms with Crippen LogP contribution >= 0.6 is 0 Å². The average molecular weight is 711 g/mol. The van der Waals surface area contributed by atoms with Gasteiger partial charge in [-0.05, 0) is 179 Å². The summed E-state index contributed by atoms with van der Waals surface area (Å²) < 4.78 is 0. The number of aldehydes is 1. The minimum atomic E-state index is 0.250. The summed E-state index contributed by atoms with van der Waals surface area (Å²) in [7, 11) is 1.98. The highest BCUT2D eigenvalue weighted by molar-refractivity contribution is 5.74. The minimum absolute atomic E-state index is 0.250. The number of carbonyl (C=O) groups is 2. The van der Waals surface area contributed by atoms with Crippen LogP contribution < -0.4 is 11.1 Å². The largest absolute Gasteiger partial charge is 0.372 e. The first-order valence-corrected chi connectivity index (χ1v) is 20.8. The number of amides is 1. The lowest BCUT2D eigenvalue weighted by Crippen LogP contribution is -2.61. The third kappa shape index (κ3) is 8.80. The maximum absolute atomic E-state index is 11.5. The van der Waals surface area contributed by atoms with Crippen molar-refractivity contribution < 1.29 is 9.59 Å². The fraction of sp³-hybridized carbons (Fsp3) is 0.667. The molecule has 0 aromatic heterocycles. The zero-order valence-electron chi connectivity index (χ0n) is 34.3. The SMILES string of the molecule is C=CC.CC1CCC2(Cc3cccc(C=O)c3)CCC3C(CCC4C3(C)CCC3C(C)(C)CCCC34C)C12.CNCCc1cccc(C)c1.NC=O. The van der Waals surface area contributed by atoms with Gasteiger partial charge in [0, 0.05) is 5.56 Å². The number of carbonyl (C=O) groups excluding carboxylic acids is 2. The molecule has 4 heteroatoms. The second-order valence-electron chi connectivity index (χ2n) is 18.7. The molecule has 0 saturated heterocycles. The van der Waals surface area contributed by atoms with Crippen LogP contribution in [0.3, 0.4) is 0 Å². The van der Waals surface area contributed by atoms with E-state index in [1.165, 1.54) is 93.7 Å². The van der Waals surface area contributed by atoms with Crippen LogP contribution in [0.4, 0.5) is 0 Å². The summed E-state index contributed by atoms with van der Waals surface area (Å²) in [5, 5.41) is 3.14. The zero-order chi connectivity index (χ0) is 38.2. The Morgan fingerprint density at radius 2 is 1.52 bits per heavy atom. The van der Waals surface area contributed by atoms with Gasteiger partial charge in [-0.3, -0.25) is 9.59 Å². The fourth-order valence-electron chi connectivity index (χ4n) is 13.5. The molecular weight excluding hydrogens is 637 g/mol. The second kappa shape index (κ2) is 18.1. The van der Waals surface area contributed by atoms with Crippen molar-refractivity contribution in [3.8, 4) is 0 Å². The summed E-state index contributed by atoms with van der Waals surface area (Å²) in [4.78, 5) is 20.0. The number of fused-ring (bicyclic) bond motifs is 7. The van der Waals surface area contributed by atoms with Crippen molar-refractivity contribution >= 4 is 12.7 Å². The normalized spacial score (nSPS) is 35.1. The van der Waals surface area contributed by atoms with E-state index >= 15 is 0 Å². The van der Waals surface area contributed by atoms with Crippen molar-refractivity contribution in [3.05, 3.63) is 83.4 Å². The van der Waals surface area contributed by atoms with E-state index < -0.39 is 0 Å². The van der Waals surface area contributed by atoms with E-state index in [0.717, 1.165) is 60.3 Å². The molecule has 5 aliphatic carbocycles. The summed E-state index contributed by atoms with van der Waals surface area (Å²) in [6.45, 7) is 21.7. The monoisotopic (exact) mass is 711 g/mol. The van der Waals surface area contributed by atoms with Gasteiger partial charge in [0.1, 0.15) is 6.29 Å². The number of hydrogen-bond donors (Lipinski definition) is 2. The van der Waals surface area contributed by atoms with Crippen LogP contribution in [0.25, 0.3) is 0 Å². The Balaban J connectivity index is 0.000000297. The van der Waals surface area contributed by atoms with Crippen molar-refractivity contribution in [1.29, 1.82) is 0 Å². The highest BCUT2D eigenvalue weighted by Gasteiger charge is 2.65. The summed E-state index contributed by atoms with van der Waals surface area (Å²) in [6, 6.07) is 17.2. The van der Waals surface area contributed by atoms with Crippen LogP contribution in [0.1, 0.15) is 139 Å². The van der Waals surface area contributed by atoms with Gasteiger partial charge < -0.3 is 11.1 Å². The molecule has 5 saturated carbocycles. The van der Waals surface area contributed by atoms with Crippen LogP contribution in [0.2, 0.25) is 0 Å². The average Bonchev–Trinajstić information content (AvgIpc) is 3.43. The third-order valence-corrected chi connectivity index (χ3v) is 15.2. The lowest BCUT2D eigenvalue weighted by atomic mass is 9.36. The molecule has 2 aromatic carbocycles. The number of nitrogens with one attached hydrogen (secondary N) is 1. The second-order valence-corrected chi connectivity index (χ2v) is 18.7. The number of rotatable bonds is 6. The van der Waals surface area contributed by atoms with Crippen LogP contribution in [0, 0.1) is 64.1 Å². The molecule has 0 bridgehead atoms. The quantitative estimate of drug-likeness (QED) is 0.232. The number of nitrogens with two attached hydrogens (primary N) is 1. The van der Waals surface area contributed by atoms with E-state index in [4.69, 9.17) is 4.79 Å². The highest BCUT2D eigenvalue weighted by atomic mass is 16.1. The first kappa shape index (κ1) is 42.0. The maximum atomic E-state index is 11.5. The predicted octanol–water partition coefficient (Wildman–Crippen LogP) is 11.2. The van der Waals surface area contributed by atoms with Gasteiger partial charge in [-0.25, -0.2) is 0 Å². The number of primary amides is 1. The number of benzene rings is 2. The van der Waals surface area contributed by atoms with Crippen molar-refractivity contribution in [2.75, 3.05) is 13.6 Å². The molecule has 0 aliphatic heterocycles. The van der Waals surface area contributed by atoms with Gasteiger partial charge in [-0.1, -0.05) is 95.1 Å². The zero-order valence-corrected chi connectivity index (χ0v) is 34.3. The molecule has 4 nitrogen and oxygen atoms in total. The van der Waals surface area contributed by atoms with Crippen LogP contribution in [-0.2, 0) is 17.6 Å². The Kier molecular flexibility index (Phi) is 14.6. The van der Waals surface area contributed by atoms with Crippen molar-refractivity contribution in [2.24, 2.45) is 62.9 Å². The Bertz CT molecular complexity index is 1460. The van der Waals surface area contributed by atoms with Crippen molar-refractivity contribution in [1.82, 2.24) is 5.32 Å². The van der Waals surface area contributed by atoms with Gasteiger partial charge in [0.15, 0.2) is 0 Å². The minimum Gasteiger partial charge on any atom is -0.372 e. The number of allylic oxidation sites excluding steroid dienone is 1. The molecule has 1 amide bonds. The molecular formula is C48H74N2O2. The number of aryl methyl sites for hydroxylation is 1. The first-order chi connectivity index (χ1) is 24.8. The van der Waals surface area contributed by atoms with Gasteiger partial charge in [-0.2, -0.15) is 0 Å². The summed E-state index contributed by atoms with van der Waals surface area (Å²) in [6.07, 6.45) is 21.3. The molecule has 5 fully saturated rings. The van der Waals surface area contributed by atoms with Crippen molar-refractivity contribution in [3.63, 3.8) is 0 Å². The predicted molar refractivity (Wildman–Crippen MR) is 220 cm³/mol. The fourth-order valence-corrected chi connectivity index (χ4v) is 13.5. The van der Waals surface area contributed by atoms with E-state index in [0.29, 0.717) is 21.7 Å². The van der Waals surface area contributed by atoms with Crippen LogP contribution in [0.15, 0.2) is 61.2 Å². The molecule has 5 aliphatic rings. The van der Waals surface area contributed by atoms with Crippen LogP contribution in [0.5, 0.6) is 0 Å². The maximum Gasteiger partial charge on any atom is 0.204 e. The molecule has 2 aromatic rings. The number of hydrogen-bond acceptors (Lipinski definition) is 3. The number of likely N-dealkylation sites (N-methyl/N-ethyl adjacent to an activating group) is 1. The van der Waals surface area contributed by atoms with Crippen LogP contribution in [-0.4, -0.2) is 26.3 Å². The van der Waals surface area contributed by atoms with Gasteiger partial charge in [0.2, 0.25) is 6.41 Å². The first-order valence-electron chi connectivity index (χ1n) is 20.8. The van der Waals surface area contributed by atoms with Gasteiger partial charge in [-0.15, -0.1) is 6.58 Å². The Labute approximate surface area is 318 Å². The molecule has 0 spiro atoms. The van der Waals surface area contributed by atoms with E-state index in [1.807, 2.05) is 20.0 Å². The molecule has 0 radical (unpaired) electrons. The van der Waals surface area contributed by atoms with Gasteiger partial charge in [0.25, 0.3) is 0 Å². The lowest BCUT2D eigenvalue weighted by Gasteiger charge is -2.69. The Morgan fingerprint density at radius 3 is 2.19 bits per heavy atom. The third-order valence-electron chi connectivity index (χ3n) is 15.2.